The van der Waals surface area contributed by atoms with Crippen LogP contribution in [0.5, 0.6) is 11.5 Å². The number of ether oxygens (including phenoxy) is 2. The van der Waals surface area contributed by atoms with Crippen molar-refractivity contribution < 1.29 is 14.6 Å². The molecule has 7 heteroatoms. The molecule has 2 N–H and O–H groups in total. The lowest BCUT2D eigenvalue weighted by Gasteiger charge is -2.24. The molecule has 0 fully saturated rings. The molecule has 0 bridgehead atoms. The summed E-state index contributed by atoms with van der Waals surface area (Å²) in [5.41, 5.74) is 1.39. The quantitative estimate of drug-likeness (QED) is 0.640. The number of nitrogens with one attached hydrogen (secondary N) is 1. The van der Waals surface area contributed by atoms with Gasteiger partial charge in [0, 0.05) is 33.3 Å². The van der Waals surface area contributed by atoms with Crippen LogP contribution in [-0.4, -0.2) is 24.4 Å². The second kappa shape index (κ2) is 10.2. The first-order chi connectivity index (χ1) is 11.9. The van der Waals surface area contributed by atoms with Crippen molar-refractivity contribution in [3.63, 3.8) is 0 Å². The van der Waals surface area contributed by atoms with E-state index in [2.05, 4.69) is 5.32 Å². The number of methoxy groups -OCH3 is 1. The first-order valence-corrected chi connectivity index (χ1v) is 8.70. The summed E-state index contributed by atoms with van der Waals surface area (Å²) < 4.78 is 11.4. The van der Waals surface area contributed by atoms with Gasteiger partial charge in [0.25, 0.3) is 0 Å². The Morgan fingerprint density at radius 1 is 1.12 bits per heavy atom. The third-order valence-corrected chi connectivity index (χ3v) is 4.41. The maximum Gasteiger partial charge on any atom is 0.166 e. The van der Waals surface area contributed by atoms with E-state index in [1.54, 1.807) is 19.2 Å². The fourth-order valence-electron chi connectivity index (χ4n) is 2.20. The van der Waals surface area contributed by atoms with E-state index < -0.39 is 0 Å². The highest BCUT2D eigenvalue weighted by atomic mass is 35.5. The van der Waals surface area contributed by atoms with Gasteiger partial charge in [0.2, 0.25) is 0 Å². The molecular weight excluding hydrogens is 397 g/mol. The number of rotatable bonds is 8. The molecule has 2 rings (SSSR count). The topological polar surface area (TPSA) is 50.7 Å². The number of para-hydroxylation sites is 1. The molecule has 26 heavy (non-hydrogen) atoms. The largest absolute Gasteiger partial charge is 0.493 e. The Morgan fingerprint density at radius 3 is 2.46 bits per heavy atom. The molecule has 0 unspecified atom stereocenters. The van der Waals surface area contributed by atoms with Crippen LogP contribution in [0.2, 0.25) is 10.0 Å². The lowest BCUT2D eigenvalue weighted by atomic mass is 10.1. The third-order valence-electron chi connectivity index (χ3n) is 3.82. The molecule has 144 valence electrons. The van der Waals surface area contributed by atoms with Gasteiger partial charge in [-0.2, -0.15) is 0 Å². The molecule has 0 aromatic heterocycles. The van der Waals surface area contributed by atoms with Gasteiger partial charge in [-0.3, -0.25) is 0 Å². The Bertz CT molecular complexity index is 723. The minimum absolute atomic E-state index is 0. The fourth-order valence-corrected chi connectivity index (χ4v) is 2.67. The highest BCUT2D eigenvalue weighted by molar-refractivity contribution is 6.35. The third kappa shape index (κ3) is 6.22. The van der Waals surface area contributed by atoms with Gasteiger partial charge in [-0.15, -0.1) is 12.4 Å². The first kappa shape index (κ1) is 22.9. The van der Waals surface area contributed by atoms with Gasteiger partial charge >= 0.3 is 0 Å². The van der Waals surface area contributed by atoms with Crippen molar-refractivity contribution in [3.8, 4) is 11.5 Å². The SMILES string of the molecule is COc1cccc(CNC(C)(C)CO)c1OCc1ccc(Cl)cc1Cl.Cl. The normalized spacial score (nSPS) is 11.0. The van der Waals surface area contributed by atoms with Crippen molar-refractivity contribution in [2.45, 2.75) is 32.5 Å². The minimum atomic E-state index is -0.389. The second-order valence-electron chi connectivity index (χ2n) is 6.37. The average Bonchev–Trinajstić information content (AvgIpc) is 2.59. The van der Waals surface area contributed by atoms with E-state index in [1.165, 1.54) is 0 Å². The van der Waals surface area contributed by atoms with E-state index in [9.17, 15) is 5.11 Å². The standard InChI is InChI=1S/C19H23Cl2NO3.ClH/c1-19(2,12-23)22-10-13-5-4-6-17(24-3)18(13)25-11-14-7-8-15(20)9-16(14)21;/h4-9,22-23H,10-12H2,1-3H3;1H. The van der Waals surface area contributed by atoms with Crippen molar-refractivity contribution in [1.82, 2.24) is 5.32 Å². The number of aliphatic hydroxyl groups is 1. The van der Waals surface area contributed by atoms with Crippen molar-refractivity contribution in [1.29, 1.82) is 0 Å². The van der Waals surface area contributed by atoms with E-state index in [0.717, 1.165) is 11.1 Å². The van der Waals surface area contributed by atoms with Gasteiger partial charge in [-0.1, -0.05) is 41.4 Å². The zero-order valence-corrected chi connectivity index (χ0v) is 17.3. The zero-order valence-electron chi connectivity index (χ0n) is 15.0. The van der Waals surface area contributed by atoms with E-state index in [-0.39, 0.29) is 24.6 Å². The van der Waals surface area contributed by atoms with Crippen LogP contribution in [-0.2, 0) is 13.2 Å². The maximum atomic E-state index is 9.40. The lowest BCUT2D eigenvalue weighted by Crippen LogP contribution is -2.42. The molecule has 2 aromatic carbocycles. The minimum Gasteiger partial charge on any atom is -0.493 e. The summed E-state index contributed by atoms with van der Waals surface area (Å²) in [6, 6.07) is 11.0. The van der Waals surface area contributed by atoms with Gasteiger partial charge in [0.05, 0.1) is 13.7 Å². The highest BCUT2D eigenvalue weighted by Gasteiger charge is 2.18. The summed E-state index contributed by atoms with van der Waals surface area (Å²) in [7, 11) is 1.60. The molecule has 4 nitrogen and oxygen atoms in total. The summed E-state index contributed by atoms with van der Waals surface area (Å²) in [5.74, 6) is 1.29. The van der Waals surface area contributed by atoms with Crippen LogP contribution in [0, 0.1) is 0 Å². The Hall–Kier alpha value is -1.17. The van der Waals surface area contributed by atoms with Crippen molar-refractivity contribution >= 4 is 35.6 Å². The molecule has 0 spiro atoms. The van der Waals surface area contributed by atoms with E-state index in [0.29, 0.717) is 34.7 Å². The fraction of sp³-hybridized carbons (Fsp3) is 0.368. The summed E-state index contributed by atoms with van der Waals surface area (Å²) in [4.78, 5) is 0. The Labute approximate surface area is 170 Å². The zero-order chi connectivity index (χ0) is 18.4. The Balaban J connectivity index is 0.00000338. The van der Waals surface area contributed by atoms with E-state index in [4.69, 9.17) is 32.7 Å². The van der Waals surface area contributed by atoms with Crippen LogP contribution in [0.25, 0.3) is 0 Å². The predicted molar refractivity (Wildman–Crippen MR) is 109 cm³/mol. The number of hydrogen-bond acceptors (Lipinski definition) is 4. The van der Waals surface area contributed by atoms with Gasteiger partial charge in [-0.05, 0) is 32.0 Å². The summed E-state index contributed by atoms with van der Waals surface area (Å²) in [6.07, 6.45) is 0. The molecule has 0 saturated heterocycles. The molecule has 0 aliphatic heterocycles. The smallest absolute Gasteiger partial charge is 0.166 e. The number of halogens is 3. The van der Waals surface area contributed by atoms with Crippen LogP contribution in [0.1, 0.15) is 25.0 Å². The average molecular weight is 421 g/mol. The van der Waals surface area contributed by atoms with E-state index in [1.807, 2.05) is 38.1 Å². The van der Waals surface area contributed by atoms with E-state index >= 15 is 0 Å². The molecule has 2 aromatic rings. The summed E-state index contributed by atoms with van der Waals surface area (Å²) >= 11 is 12.1. The Morgan fingerprint density at radius 2 is 1.85 bits per heavy atom. The van der Waals surface area contributed by atoms with Crippen LogP contribution in [0.3, 0.4) is 0 Å². The molecule has 0 aliphatic carbocycles. The van der Waals surface area contributed by atoms with Crippen LogP contribution in [0.4, 0.5) is 0 Å². The van der Waals surface area contributed by atoms with Crippen molar-refractivity contribution in [2.75, 3.05) is 13.7 Å². The molecule has 0 saturated carbocycles. The van der Waals surface area contributed by atoms with Crippen LogP contribution in [0.15, 0.2) is 36.4 Å². The van der Waals surface area contributed by atoms with Crippen LogP contribution >= 0.6 is 35.6 Å². The molecule has 0 atom stereocenters. The predicted octanol–water partition coefficient (Wildman–Crippen LogP) is 4.86. The second-order valence-corrected chi connectivity index (χ2v) is 7.21. The Kier molecular flexibility index (Phi) is 9.01. The number of benzene rings is 2. The van der Waals surface area contributed by atoms with Gasteiger partial charge in [0.15, 0.2) is 11.5 Å². The van der Waals surface area contributed by atoms with Crippen molar-refractivity contribution in [3.05, 3.63) is 57.6 Å². The first-order valence-electron chi connectivity index (χ1n) is 7.95. The monoisotopic (exact) mass is 419 g/mol. The van der Waals surface area contributed by atoms with Gasteiger partial charge in [-0.25, -0.2) is 0 Å². The van der Waals surface area contributed by atoms with Gasteiger partial charge in [0.1, 0.15) is 6.61 Å². The number of aliphatic hydroxyl groups excluding tert-OH is 1. The van der Waals surface area contributed by atoms with Gasteiger partial charge < -0.3 is 19.9 Å². The van der Waals surface area contributed by atoms with Crippen LogP contribution < -0.4 is 14.8 Å². The molecule has 0 heterocycles. The molecule has 0 aliphatic rings. The number of hydrogen-bond donors (Lipinski definition) is 2. The highest BCUT2D eigenvalue weighted by Crippen LogP contribution is 2.33. The van der Waals surface area contributed by atoms with Crippen molar-refractivity contribution in [2.24, 2.45) is 0 Å². The lowest BCUT2D eigenvalue weighted by molar-refractivity contribution is 0.186. The summed E-state index contributed by atoms with van der Waals surface area (Å²) in [5, 5.41) is 13.9. The molecule has 0 amide bonds. The molecule has 0 radical (unpaired) electrons. The molecular formula is C19H24Cl3NO3. The maximum absolute atomic E-state index is 9.40. The summed E-state index contributed by atoms with van der Waals surface area (Å²) in [6.45, 7) is 4.73.